The van der Waals surface area contributed by atoms with Crippen molar-refractivity contribution in [1.29, 1.82) is 0 Å². The minimum Gasteiger partial charge on any atom is -0.424 e. The van der Waals surface area contributed by atoms with Crippen molar-refractivity contribution in [1.82, 2.24) is 25.1 Å². The molecule has 0 aliphatic heterocycles. The van der Waals surface area contributed by atoms with Crippen molar-refractivity contribution < 1.29 is 17.6 Å². The molecule has 20 heavy (non-hydrogen) atoms. The zero-order valence-corrected chi connectivity index (χ0v) is 12.1. The Bertz CT molecular complexity index is 721. The van der Waals surface area contributed by atoms with Crippen molar-refractivity contribution in [3.63, 3.8) is 0 Å². The summed E-state index contributed by atoms with van der Waals surface area (Å²) in [6, 6.07) is 0. The number of carbonyl (C=O) groups excluding carboxylic acids is 1. The first-order valence-corrected chi connectivity index (χ1v) is 7.56. The predicted molar refractivity (Wildman–Crippen MR) is 67.3 cm³/mol. The highest BCUT2D eigenvalue weighted by Gasteiger charge is 2.21. The van der Waals surface area contributed by atoms with Gasteiger partial charge < -0.3 is 9.73 Å². The van der Waals surface area contributed by atoms with Gasteiger partial charge >= 0.3 is 0 Å². The molecule has 2 rings (SSSR count). The van der Waals surface area contributed by atoms with Crippen LogP contribution in [0, 0.1) is 6.92 Å². The second-order valence-corrected chi connectivity index (χ2v) is 6.51. The van der Waals surface area contributed by atoms with Crippen LogP contribution in [0.4, 0.5) is 5.13 Å². The van der Waals surface area contributed by atoms with Gasteiger partial charge in [0, 0.05) is 13.8 Å². The molecule has 2 aromatic rings. The molecule has 2 heterocycles. The number of amides is 1. The molecule has 0 aliphatic carbocycles. The number of nitrogens with zero attached hydrogens (tertiary/aromatic N) is 4. The van der Waals surface area contributed by atoms with E-state index in [0.29, 0.717) is 5.89 Å². The molecular weight excluding hydrogens is 308 g/mol. The van der Waals surface area contributed by atoms with Crippen molar-refractivity contribution in [2.24, 2.45) is 0 Å². The molecule has 0 saturated heterocycles. The number of hydrogen-bond donors (Lipinski definition) is 2. The topological polar surface area (TPSA) is 140 Å². The fourth-order valence-electron chi connectivity index (χ4n) is 1.15. The Hall–Kier alpha value is -1.92. The van der Waals surface area contributed by atoms with Crippen LogP contribution in [0.1, 0.15) is 18.7 Å². The molecular formula is C8H10N6O4S2. The molecule has 0 spiro atoms. The van der Waals surface area contributed by atoms with Gasteiger partial charge in [-0.15, -0.1) is 20.4 Å². The number of sulfonamides is 1. The summed E-state index contributed by atoms with van der Waals surface area (Å²) in [7, 11) is -3.85. The monoisotopic (exact) mass is 318 g/mol. The van der Waals surface area contributed by atoms with E-state index in [1.54, 1.807) is 6.92 Å². The Morgan fingerprint density at radius 3 is 2.65 bits per heavy atom. The molecule has 0 atom stereocenters. The Kier molecular flexibility index (Phi) is 4.06. The number of hydrogen-bond acceptors (Lipinski definition) is 9. The highest BCUT2D eigenvalue weighted by atomic mass is 32.2. The van der Waals surface area contributed by atoms with E-state index in [-0.39, 0.29) is 27.8 Å². The van der Waals surface area contributed by atoms with Gasteiger partial charge in [0.15, 0.2) is 0 Å². The lowest BCUT2D eigenvalue weighted by Crippen LogP contribution is -2.23. The van der Waals surface area contributed by atoms with Crippen LogP contribution in [0.15, 0.2) is 8.76 Å². The van der Waals surface area contributed by atoms with Gasteiger partial charge in [-0.3, -0.25) is 4.79 Å². The third kappa shape index (κ3) is 3.55. The Morgan fingerprint density at radius 1 is 1.30 bits per heavy atom. The molecule has 1 amide bonds. The predicted octanol–water partition coefficient (Wildman–Crippen LogP) is -0.334. The summed E-state index contributed by atoms with van der Waals surface area (Å²) in [6.45, 7) is 2.72. The second kappa shape index (κ2) is 5.60. The van der Waals surface area contributed by atoms with Gasteiger partial charge in [0.1, 0.15) is 0 Å². The van der Waals surface area contributed by atoms with E-state index in [4.69, 9.17) is 4.42 Å². The first-order valence-electron chi connectivity index (χ1n) is 5.26. The zero-order chi connectivity index (χ0) is 14.8. The lowest BCUT2D eigenvalue weighted by atomic mass is 10.7. The normalized spacial score (nSPS) is 11.5. The van der Waals surface area contributed by atoms with Crippen molar-refractivity contribution in [2.45, 2.75) is 24.7 Å². The maximum Gasteiger partial charge on any atom is 0.270 e. The molecule has 108 valence electrons. The zero-order valence-electron chi connectivity index (χ0n) is 10.4. The highest BCUT2D eigenvalue weighted by Crippen LogP contribution is 2.19. The van der Waals surface area contributed by atoms with Crippen LogP contribution in [0.2, 0.25) is 0 Å². The van der Waals surface area contributed by atoms with Gasteiger partial charge in [0.25, 0.3) is 10.0 Å². The van der Waals surface area contributed by atoms with Crippen LogP contribution < -0.4 is 10.0 Å². The van der Waals surface area contributed by atoms with E-state index in [9.17, 15) is 13.2 Å². The van der Waals surface area contributed by atoms with Gasteiger partial charge in [-0.2, -0.15) is 4.72 Å². The second-order valence-electron chi connectivity index (χ2n) is 3.59. The Labute approximate surface area is 117 Å². The molecule has 12 heteroatoms. The summed E-state index contributed by atoms with van der Waals surface area (Å²) in [5.74, 6) is 0.111. The molecule has 0 saturated carbocycles. The van der Waals surface area contributed by atoms with Gasteiger partial charge in [-0.1, -0.05) is 11.3 Å². The van der Waals surface area contributed by atoms with E-state index < -0.39 is 10.0 Å². The van der Waals surface area contributed by atoms with Crippen LogP contribution in [0.3, 0.4) is 0 Å². The number of carbonyl (C=O) groups is 1. The summed E-state index contributed by atoms with van der Waals surface area (Å²) < 4.78 is 30.8. The first-order chi connectivity index (χ1) is 9.37. The summed E-state index contributed by atoms with van der Waals surface area (Å²) in [4.78, 5) is 10.8. The van der Waals surface area contributed by atoms with E-state index in [1.165, 1.54) is 6.92 Å². The largest absolute Gasteiger partial charge is 0.424 e. The third-order valence-electron chi connectivity index (χ3n) is 1.90. The van der Waals surface area contributed by atoms with Gasteiger partial charge in [0.05, 0.1) is 6.54 Å². The number of rotatable bonds is 5. The van der Waals surface area contributed by atoms with E-state index in [0.717, 1.165) is 11.3 Å². The fourth-order valence-corrected chi connectivity index (χ4v) is 3.11. The minimum absolute atomic E-state index is 0.103. The molecule has 2 N–H and O–H groups in total. The molecule has 0 unspecified atom stereocenters. The van der Waals surface area contributed by atoms with Crippen molar-refractivity contribution in [2.75, 3.05) is 5.32 Å². The fraction of sp³-hybridized carbons (Fsp3) is 0.375. The number of anilines is 1. The average Bonchev–Trinajstić information content (AvgIpc) is 2.95. The molecule has 0 fully saturated rings. The van der Waals surface area contributed by atoms with Crippen molar-refractivity contribution in [3.05, 3.63) is 11.8 Å². The maximum absolute atomic E-state index is 11.9. The summed E-state index contributed by atoms with van der Waals surface area (Å²) in [5.41, 5.74) is 0. The standard InChI is InChI=1S/C8H10N6O4S2/c1-4(15)10-7-13-14-8(19-7)20(16,17)9-3-6-12-11-5(2)18-6/h9H,3H2,1-2H3,(H,10,13,15). The highest BCUT2D eigenvalue weighted by molar-refractivity contribution is 7.91. The Balaban J connectivity index is 2.06. The lowest BCUT2D eigenvalue weighted by Gasteiger charge is -1.99. The SMILES string of the molecule is CC(=O)Nc1nnc(S(=O)(=O)NCc2nnc(C)o2)s1. The number of aryl methyl sites for hydroxylation is 1. The van der Waals surface area contributed by atoms with Crippen LogP contribution in [0.25, 0.3) is 0 Å². The first kappa shape index (κ1) is 14.5. The molecule has 0 aromatic carbocycles. The summed E-state index contributed by atoms with van der Waals surface area (Å²) >= 11 is 0.737. The van der Waals surface area contributed by atoms with Gasteiger partial charge in [0.2, 0.25) is 27.2 Å². The number of nitrogens with one attached hydrogen (secondary N) is 2. The van der Waals surface area contributed by atoms with Crippen LogP contribution in [0.5, 0.6) is 0 Å². The van der Waals surface area contributed by atoms with Crippen LogP contribution in [-0.4, -0.2) is 34.7 Å². The molecule has 0 bridgehead atoms. The number of aromatic nitrogens is 4. The third-order valence-corrected chi connectivity index (χ3v) is 4.51. The smallest absolute Gasteiger partial charge is 0.270 e. The molecule has 0 aliphatic rings. The van der Waals surface area contributed by atoms with Gasteiger partial charge in [-0.05, 0) is 0 Å². The van der Waals surface area contributed by atoms with Crippen molar-refractivity contribution in [3.8, 4) is 0 Å². The van der Waals surface area contributed by atoms with Crippen molar-refractivity contribution >= 4 is 32.4 Å². The van der Waals surface area contributed by atoms with Crippen LogP contribution in [-0.2, 0) is 21.4 Å². The summed E-state index contributed by atoms with van der Waals surface area (Å²) in [6.07, 6.45) is 0. The van der Waals surface area contributed by atoms with E-state index >= 15 is 0 Å². The lowest BCUT2D eigenvalue weighted by molar-refractivity contribution is -0.114. The molecule has 2 aromatic heterocycles. The molecule has 10 nitrogen and oxygen atoms in total. The quantitative estimate of drug-likeness (QED) is 0.714. The maximum atomic E-state index is 11.9. The van der Waals surface area contributed by atoms with E-state index in [1.807, 2.05) is 0 Å². The average molecular weight is 318 g/mol. The van der Waals surface area contributed by atoms with E-state index in [2.05, 4.69) is 30.4 Å². The minimum atomic E-state index is -3.85. The Morgan fingerprint density at radius 2 is 2.05 bits per heavy atom. The summed E-state index contributed by atoms with van der Waals surface area (Å²) in [5, 5.41) is 16.7. The molecule has 0 radical (unpaired) electrons. The van der Waals surface area contributed by atoms with Gasteiger partial charge in [-0.25, -0.2) is 8.42 Å². The van der Waals surface area contributed by atoms with Crippen LogP contribution >= 0.6 is 11.3 Å².